The number of rotatable bonds is 8. The molecule has 10 nitrogen and oxygen atoms in total. The molecule has 0 aliphatic carbocycles. The van der Waals surface area contributed by atoms with Crippen LogP contribution in [0.2, 0.25) is 0 Å². The number of halogens is 1. The van der Waals surface area contributed by atoms with Gasteiger partial charge in [-0.05, 0) is 60.5 Å². The molecule has 1 aromatic heterocycles. The van der Waals surface area contributed by atoms with Crippen molar-refractivity contribution in [2.24, 2.45) is 0 Å². The Bertz CT molecular complexity index is 1620. The number of nitrogens with zero attached hydrogens (tertiary/aromatic N) is 4. The van der Waals surface area contributed by atoms with E-state index in [1.54, 1.807) is 35.2 Å². The minimum Gasteiger partial charge on any atom is -0.490 e. The monoisotopic (exact) mass is 619 g/mol. The molecule has 2 atom stereocenters. The summed E-state index contributed by atoms with van der Waals surface area (Å²) in [6.07, 6.45) is 2.86. The first-order chi connectivity index (χ1) is 21.1. The highest BCUT2D eigenvalue weighted by atomic mass is 32.2. The van der Waals surface area contributed by atoms with Gasteiger partial charge in [-0.25, -0.2) is 12.8 Å². The molecule has 0 bridgehead atoms. The fourth-order valence-electron chi connectivity index (χ4n) is 5.43. The second-order valence-corrected chi connectivity index (χ2v) is 13.2. The number of piperidine rings is 2. The average molecular weight is 620 g/mol. The van der Waals surface area contributed by atoms with Crippen LogP contribution in [0.15, 0.2) is 71.8 Å². The van der Waals surface area contributed by atoms with Crippen LogP contribution >= 0.6 is 0 Å². The lowest BCUT2D eigenvalue weighted by molar-refractivity contribution is 0.0594. The number of nitrogens with one attached hydrogen (secondary N) is 1. The van der Waals surface area contributed by atoms with Gasteiger partial charge in [-0.15, -0.1) is 0 Å². The second kappa shape index (κ2) is 13.5. The summed E-state index contributed by atoms with van der Waals surface area (Å²) in [5.41, 5.74) is 2.04. The van der Waals surface area contributed by atoms with E-state index >= 15 is 0 Å². The number of ether oxygens (including phenoxy) is 1. The third kappa shape index (κ3) is 7.78. The fourth-order valence-corrected chi connectivity index (χ4v) is 6.06. The Balaban J connectivity index is 1.07. The van der Waals surface area contributed by atoms with Crippen LogP contribution in [0.1, 0.15) is 51.2 Å². The number of carbonyl (C=O) groups is 2. The van der Waals surface area contributed by atoms with E-state index in [1.807, 2.05) is 17.0 Å². The van der Waals surface area contributed by atoms with Crippen LogP contribution < -0.4 is 10.1 Å². The maximum Gasteiger partial charge on any atom is 0.270 e. The number of hydrogen-bond donors (Lipinski definition) is 1. The number of alkyl halides is 1. The van der Waals surface area contributed by atoms with Crippen molar-refractivity contribution in [3.63, 3.8) is 0 Å². The molecule has 3 heterocycles. The molecule has 0 saturated carbocycles. The van der Waals surface area contributed by atoms with E-state index < -0.39 is 28.0 Å². The van der Waals surface area contributed by atoms with Gasteiger partial charge in [0.25, 0.3) is 11.8 Å². The lowest BCUT2D eigenvalue weighted by Crippen LogP contribution is -2.52. The van der Waals surface area contributed by atoms with Crippen LogP contribution in [0, 0.1) is 11.3 Å². The Morgan fingerprint density at radius 2 is 1.73 bits per heavy atom. The van der Waals surface area contributed by atoms with Crippen molar-refractivity contribution in [1.82, 2.24) is 20.1 Å². The smallest absolute Gasteiger partial charge is 0.270 e. The van der Waals surface area contributed by atoms with Crippen LogP contribution in [0.3, 0.4) is 0 Å². The molecule has 1 unspecified atom stereocenters. The number of aromatic nitrogens is 1. The lowest BCUT2D eigenvalue weighted by atomic mass is 10.0. The first-order valence-electron chi connectivity index (χ1n) is 14.5. The Hall–Kier alpha value is -4.34. The minimum absolute atomic E-state index is 0.102. The van der Waals surface area contributed by atoms with Crippen LogP contribution in [-0.2, 0) is 16.4 Å². The van der Waals surface area contributed by atoms with Gasteiger partial charge in [-0.2, -0.15) is 5.26 Å². The van der Waals surface area contributed by atoms with E-state index in [2.05, 4.69) is 16.4 Å². The van der Waals surface area contributed by atoms with Gasteiger partial charge in [-0.3, -0.25) is 19.5 Å². The molecular formula is C32H34FN5O5S. The number of likely N-dealkylation sites (tertiary alicyclic amines) is 2. The van der Waals surface area contributed by atoms with Gasteiger partial charge >= 0.3 is 0 Å². The van der Waals surface area contributed by atoms with Crippen molar-refractivity contribution < 1.29 is 27.1 Å². The van der Waals surface area contributed by atoms with Gasteiger partial charge < -0.3 is 15.0 Å². The van der Waals surface area contributed by atoms with Gasteiger partial charge in [0.05, 0.1) is 28.1 Å². The van der Waals surface area contributed by atoms with Crippen molar-refractivity contribution in [2.75, 3.05) is 32.4 Å². The van der Waals surface area contributed by atoms with Crippen molar-refractivity contribution in [3.8, 4) is 11.8 Å². The standard InChI is InChI=1S/C32H34FN5O5S/c1-44(41,42)27-9-7-25(8-10-27)43-26-12-16-38(17-13-26)32(40)24-6-11-30(35-19-24)31(39)36-29-14-15-37(21-28(29)33)20-23-4-2-22(18-34)3-5-23/h2-11,19,26,28-29H,12-17,20-21H2,1H3,(H,36,39)/t28-,29?/m1/s1. The zero-order valence-electron chi connectivity index (χ0n) is 24.4. The van der Waals surface area contributed by atoms with Crippen molar-refractivity contribution in [2.45, 2.75) is 49.0 Å². The quantitative estimate of drug-likeness (QED) is 0.406. The summed E-state index contributed by atoms with van der Waals surface area (Å²) >= 11 is 0. The molecule has 0 spiro atoms. The Morgan fingerprint density at radius 1 is 1.02 bits per heavy atom. The average Bonchev–Trinajstić information content (AvgIpc) is 3.02. The van der Waals surface area contributed by atoms with E-state index in [1.165, 1.54) is 24.4 Å². The molecule has 2 aliphatic rings. The molecule has 12 heteroatoms. The Morgan fingerprint density at radius 3 is 2.32 bits per heavy atom. The molecular weight excluding hydrogens is 585 g/mol. The third-order valence-electron chi connectivity index (χ3n) is 7.96. The summed E-state index contributed by atoms with van der Waals surface area (Å²) < 4.78 is 44.2. The first kappa shape index (κ1) is 31.1. The van der Waals surface area contributed by atoms with Crippen LogP contribution in [-0.4, -0.2) is 85.8 Å². The molecule has 2 fully saturated rings. The molecule has 5 rings (SSSR count). The fraction of sp³-hybridized carbons (Fsp3) is 0.375. The highest BCUT2D eigenvalue weighted by Gasteiger charge is 2.31. The van der Waals surface area contributed by atoms with E-state index in [9.17, 15) is 22.4 Å². The zero-order chi connectivity index (χ0) is 31.3. The van der Waals surface area contributed by atoms with Crippen molar-refractivity contribution in [1.29, 1.82) is 5.26 Å². The third-order valence-corrected chi connectivity index (χ3v) is 9.09. The van der Waals surface area contributed by atoms with Crippen LogP contribution in [0.5, 0.6) is 5.75 Å². The molecule has 230 valence electrons. The normalized spacial score (nSPS) is 19.6. The SMILES string of the molecule is CS(=O)(=O)c1ccc(OC2CCN(C(=O)c3ccc(C(=O)NC4CCN(Cc5ccc(C#N)cc5)C[C@H]4F)nc3)CC2)cc1. The maximum absolute atomic E-state index is 15.0. The first-order valence-corrected chi connectivity index (χ1v) is 16.4. The van der Waals surface area contributed by atoms with Gasteiger partial charge in [0.1, 0.15) is 23.7 Å². The van der Waals surface area contributed by atoms with E-state index in [0.717, 1.165) is 11.8 Å². The molecule has 44 heavy (non-hydrogen) atoms. The summed E-state index contributed by atoms with van der Waals surface area (Å²) in [6.45, 7) is 2.33. The summed E-state index contributed by atoms with van der Waals surface area (Å²) in [7, 11) is -3.28. The van der Waals surface area contributed by atoms with Gasteiger partial charge in [0.2, 0.25) is 0 Å². The van der Waals surface area contributed by atoms with E-state index in [-0.39, 0.29) is 29.1 Å². The number of amides is 2. The van der Waals surface area contributed by atoms with Crippen LogP contribution in [0.25, 0.3) is 0 Å². The molecule has 2 saturated heterocycles. The van der Waals surface area contributed by atoms with Crippen LogP contribution in [0.4, 0.5) is 4.39 Å². The lowest BCUT2D eigenvalue weighted by Gasteiger charge is -2.35. The van der Waals surface area contributed by atoms with E-state index in [0.29, 0.717) is 62.3 Å². The predicted molar refractivity (Wildman–Crippen MR) is 161 cm³/mol. The topological polar surface area (TPSA) is 133 Å². The Labute approximate surface area is 256 Å². The zero-order valence-corrected chi connectivity index (χ0v) is 25.2. The maximum atomic E-state index is 15.0. The number of carbonyl (C=O) groups excluding carboxylic acids is 2. The summed E-state index contributed by atoms with van der Waals surface area (Å²) in [4.78, 5) is 34.0. The minimum atomic E-state index is -3.28. The van der Waals surface area contributed by atoms with Crippen molar-refractivity contribution >= 4 is 21.7 Å². The molecule has 0 radical (unpaired) electrons. The number of pyridine rings is 1. The summed E-state index contributed by atoms with van der Waals surface area (Å²) in [6, 6.07) is 18.0. The molecule has 2 amide bonds. The van der Waals surface area contributed by atoms with Crippen molar-refractivity contribution in [3.05, 3.63) is 89.2 Å². The highest BCUT2D eigenvalue weighted by Crippen LogP contribution is 2.22. The second-order valence-electron chi connectivity index (χ2n) is 11.2. The Kier molecular flexibility index (Phi) is 9.56. The summed E-state index contributed by atoms with van der Waals surface area (Å²) in [5, 5.41) is 11.7. The van der Waals surface area contributed by atoms with E-state index in [4.69, 9.17) is 10.00 Å². The van der Waals surface area contributed by atoms with Gasteiger partial charge in [0.15, 0.2) is 9.84 Å². The molecule has 2 aliphatic heterocycles. The number of hydrogen-bond acceptors (Lipinski definition) is 8. The molecule has 3 aromatic rings. The molecule has 2 aromatic carbocycles. The number of nitriles is 1. The molecule has 1 N–H and O–H groups in total. The number of benzene rings is 2. The largest absolute Gasteiger partial charge is 0.490 e. The summed E-state index contributed by atoms with van der Waals surface area (Å²) in [5.74, 6) is -0.105. The highest BCUT2D eigenvalue weighted by molar-refractivity contribution is 7.90. The van der Waals surface area contributed by atoms with Gasteiger partial charge in [-0.1, -0.05) is 12.1 Å². The number of sulfone groups is 1. The van der Waals surface area contributed by atoms with Gasteiger partial charge in [0, 0.05) is 58.0 Å². The predicted octanol–water partition coefficient (Wildman–Crippen LogP) is 3.38.